The summed E-state index contributed by atoms with van der Waals surface area (Å²) in [6.45, 7) is 3.38. The second-order valence-corrected chi connectivity index (χ2v) is 6.13. The van der Waals surface area contributed by atoms with Crippen molar-refractivity contribution in [3.8, 4) is 0 Å². The Morgan fingerprint density at radius 1 is 1.30 bits per heavy atom. The molecule has 0 aromatic heterocycles. The number of carbonyl (C=O) groups excluding carboxylic acids is 1. The molecule has 1 amide bonds. The number of aliphatic carboxylic acids is 1. The van der Waals surface area contributed by atoms with E-state index in [4.69, 9.17) is 5.11 Å². The number of benzene rings is 1. The molecule has 2 rings (SSSR count). The second-order valence-electron chi connectivity index (χ2n) is 6.13. The van der Waals surface area contributed by atoms with Gasteiger partial charge in [0.15, 0.2) is 0 Å². The van der Waals surface area contributed by atoms with Crippen LogP contribution in [-0.4, -0.2) is 23.5 Å². The Hall–Kier alpha value is -1.84. The lowest BCUT2D eigenvalue weighted by Crippen LogP contribution is -2.41. The predicted molar refractivity (Wildman–Crippen MR) is 76.3 cm³/mol. The normalized spacial score (nSPS) is 16.5. The summed E-state index contributed by atoms with van der Waals surface area (Å²) in [6.07, 6.45) is 2.13. The molecule has 0 heterocycles. The summed E-state index contributed by atoms with van der Waals surface area (Å²) in [6, 6.07) is 9.72. The van der Waals surface area contributed by atoms with Crippen LogP contribution in [-0.2, 0) is 9.59 Å². The highest BCUT2D eigenvalue weighted by molar-refractivity contribution is 5.85. The van der Waals surface area contributed by atoms with Crippen molar-refractivity contribution in [3.63, 3.8) is 0 Å². The predicted octanol–water partition coefficient (Wildman–Crippen LogP) is 2.41. The van der Waals surface area contributed by atoms with Crippen LogP contribution in [0.2, 0.25) is 0 Å². The number of carboxylic acids is 1. The first-order valence-corrected chi connectivity index (χ1v) is 6.98. The van der Waals surface area contributed by atoms with Crippen LogP contribution in [0.4, 0.5) is 0 Å². The van der Waals surface area contributed by atoms with Gasteiger partial charge in [0.2, 0.25) is 5.91 Å². The van der Waals surface area contributed by atoms with Gasteiger partial charge in [-0.05, 0) is 38.2 Å². The van der Waals surface area contributed by atoms with Gasteiger partial charge in [-0.25, -0.2) is 0 Å². The maximum absolute atomic E-state index is 12.4. The van der Waals surface area contributed by atoms with Crippen molar-refractivity contribution in [2.24, 2.45) is 11.3 Å². The van der Waals surface area contributed by atoms with E-state index in [0.717, 1.165) is 18.4 Å². The lowest BCUT2D eigenvalue weighted by molar-refractivity contribution is -0.146. The molecule has 4 nitrogen and oxygen atoms in total. The highest BCUT2D eigenvalue weighted by Gasteiger charge is 2.38. The van der Waals surface area contributed by atoms with Gasteiger partial charge in [0, 0.05) is 6.54 Å². The number of hydrogen-bond acceptors (Lipinski definition) is 2. The van der Waals surface area contributed by atoms with E-state index in [1.807, 2.05) is 30.3 Å². The molecule has 0 aliphatic heterocycles. The summed E-state index contributed by atoms with van der Waals surface area (Å²) in [4.78, 5) is 23.5. The first-order chi connectivity index (χ1) is 9.42. The minimum atomic E-state index is -0.944. The zero-order valence-corrected chi connectivity index (χ0v) is 11.9. The lowest BCUT2D eigenvalue weighted by atomic mass is 9.91. The molecular weight excluding hydrogens is 254 g/mol. The van der Waals surface area contributed by atoms with E-state index in [1.165, 1.54) is 0 Å². The SMILES string of the molecule is CC(C)(CNC(=O)C(c1ccccc1)C1CC1)C(=O)O. The average Bonchev–Trinajstić information content (AvgIpc) is 3.22. The first kappa shape index (κ1) is 14.6. The Labute approximate surface area is 119 Å². The smallest absolute Gasteiger partial charge is 0.310 e. The average molecular weight is 275 g/mol. The Morgan fingerprint density at radius 3 is 2.40 bits per heavy atom. The molecule has 1 aliphatic carbocycles. The van der Waals surface area contributed by atoms with E-state index in [2.05, 4.69) is 5.32 Å². The minimum Gasteiger partial charge on any atom is -0.481 e. The van der Waals surface area contributed by atoms with E-state index in [0.29, 0.717) is 5.92 Å². The quantitative estimate of drug-likeness (QED) is 0.837. The molecule has 1 saturated carbocycles. The van der Waals surface area contributed by atoms with Crippen molar-refractivity contribution in [3.05, 3.63) is 35.9 Å². The van der Waals surface area contributed by atoms with Crippen LogP contribution in [0.1, 0.15) is 38.2 Å². The largest absolute Gasteiger partial charge is 0.481 e. The molecule has 4 heteroatoms. The van der Waals surface area contributed by atoms with Crippen molar-refractivity contribution < 1.29 is 14.7 Å². The number of carboxylic acid groups (broad SMARTS) is 1. The summed E-state index contributed by atoms with van der Waals surface area (Å²) in [5.41, 5.74) is 0.0705. The Morgan fingerprint density at radius 2 is 1.90 bits per heavy atom. The summed E-state index contributed by atoms with van der Waals surface area (Å²) < 4.78 is 0. The van der Waals surface area contributed by atoms with Crippen molar-refractivity contribution >= 4 is 11.9 Å². The van der Waals surface area contributed by atoms with Crippen LogP contribution in [0.15, 0.2) is 30.3 Å². The molecule has 108 valence electrons. The van der Waals surface area contributed by atoms with Gasteiger partial charge in [0.25, 0.3) is 0 Å². The fourth-order valence-electron chi connectivity index (χ4n) is 2.22. The zero-order valence-electron chi connectivity index (χ0n) is 11.9. The zero-order chi connectivity index (χ0) is 14.8. The van der Waals surface area contributed by atoms with Crippen molar-refractivity contribution in [1.82, 2.24) is 5.32 Å². The van der Waals surface area contributed by atoms with Crippen molar-refractivity contribution in [2.75, 3.05) is 6.54 Å². The van der Waals surface area contributed by atoms with Gasteiger partial charge in [-0.1, -0.05) is 30.3 Å². The highest BCUT2D eigenvalue weighted by atomic mass is 16.4. The Balaban J connectivity index is 2.04. The monoisotopic (exact) mass is 275 g/mol. The molecule has 0 radical (unpaired) electrons. The summed E-state index contributed by atoms with van der Waals surface area (Å²) in [5.74, 6) is -0.723. The van der Waals surface area contributed by atoms with Crippen molar-refractivity contribution in [2.45, 2.75) is 32.6 Å². The number of rotatable bonds is 6. The van der Waals surface area contributed by atoms with E-state index >= 15 is 0 Å². The molecule has 1 unspecified atom stereocenters. The van der Waals surface area contributed by atoms with E-state index < -0.39 is 11.4 Å². The van der Waals surface area contributed by atoms with E-state index in [9.17, 15) is 9.59 Å². The number of amides is 1. The van der Waals surface area contributed by atoms with Gasteiger partial charge in [0.05, 0.1) is 11.3 Å². The molecule has 1 atom stereocenters. The number of carbonyl (C=O) groups is 2. The highest BCUT2D eigenvalue weighted by Crippen LogP contribution is 2.42. The third-order valence-corrected chi connectivity index (χ3v) is 3.82. The van der Waals surface area contributed by atoms with Gasteiger partial charge in [-0.2, -0.15) is 0 Å². The summed E-state index contributed by atoms with van der Waals surface area (Å²) in [7, 11) is 0. The van der Waals surface area contributed by atoms with Crippen LogP contribution in [0.3, 0.4) is 0 Å². The molecule has 1 aromatic carbocycles. The molecular formula is C16H21NO3. The Bertz CT molecular complexity index is 492. The minimum absolute atomic E-state index is 0.0620. The summed E-state index contributed by atoms with van der Waals surface area (Å²) in [5, 5.41) is 11.9. The van der Waals surface area contributed by atoms with Crippen molar-refractivity contribution in [1.29, 1.82) is 0 Å². The first-order valence-electron chi connectivity index (χ1n) is 6.98. The van der Waals surface area contributed by atoms with E-state index in [1.54, 1.807) is 13.8 Å². The third kappa shape index (κ3) is 3.38. The Kier molecular flexibility index (Phi) is 4.12. The third-order valence-electron chi connectivity index (χ3n) is 3.82. The van der Waals surface area contributed by atoms with Gasteiger partial charge >= 0.3 is 5.97 Å². The van der Waals surface area contributed by atoms with Gasteiger partial charge < -0.3 is 10.4 Å². The molecule has 1 aliphatic rings. The van der Waals surface area contributed by atoms with Gasteiger partial charge in [-0.15, -0.1) is 0 Å². The maximum Gasteiger partial charge on any atom is 0.310 e. The molecule has 0 spiro atoms. The van der Waals surface area contributed by atoms with Crippen LogP contribution in [0.5, 0.6) is 0 Å². The van der Waals surface area contributed by atoms with E-state index in [-0.39, 0.29) is 18.4 Å². The van der Waals surface area contributed by atoms with Gasteiger partial charge in [-0.3, -0.25) is 9.59 Å². The number of nitrogens with one attached hydrogen (secondary N) is 1. The molecule has 1 fully saturated rings. The number of hydrogen-bond donors (Lipinski definition) is 2. The topological polar surface area (TPSA) is 66.4 Å². The maximum atomic E-state index is 12.4. The van der Waals surface area contributed by atoms with Crippen LogP contribution in [0, 0.1) is 11.3 Å². The molecule has 1 aromatic rings. The molecule has 0 saturated heterocycles. The second kappa shape index (κ2) is 5.65. The lowest BCUT2D eigenvalue weighted by Gasteiger charge is -2.22. The van der Waals surface area contributed by atoms with Crippen LogP contribution >= 0.6 is 0 Å². The fraction of sp³-hybridized carbons (Fsp3) is 0.500. The van der Waals surface area contributed by atoms with Gasteiger partial charge in [0.1, 0.15) is 0 Å². The fourth-order valence-corrected chi connectivity index (χ4v) is 2.22. The van der Waals surface area contributed by atoms with Crippen LogP contribution < -0.4 is 5.32 Å². The molecule has 0 bridgehead atoms. The summed E-state index contributed by atoms with van der Waals surface area (Å²) >= 11 is 0. The molecule has 20 heavy (non-hydrogen) atoms. The molecule has 2 N–H and O–H groups in total. The standard InChI is InChI=1S/C16H21NO3/c1-16(2,15(19)20)10-17-14(18)13(12-8-9-12)11-6-4-3-5-7-11/h3-7,12-13H,8-10H2,1-2H3,(H,17,18)(H,19,20). The van der Waals surface area contributed by atoms with Crippen LogP contribution in [0.25, 0.3) is 0 Å².